The van der Waals surface area contributed by atoms with Crippen molar-refractivity contribution < 1.29 is 18.3 Å². The number of hydrogen-bond acceptors (Lipinski definition) is 6. The summed E-state index contributed by atoms with van der Waals surface area (Å²) in [6, 6.07) is 10.1. The third-order valence-electron chi connectivity index (χ3n) is 4.00. The van der Waals surface area contributed by atoms with E-state index in [9.17, 15) is 13.6 Å². The van der Waals surface area contributed by atoms with Crippen LogP contribution in [0.4, 0.5) is 14.5 Å². The van der Waals surface area contributed by atoms with Gasteiger partial charge in [-0.05, 0) is 54.5 Å². The van der Waals surface area contributed by atoms with Gasteiger partial charge >= 0.3 is 6.61 Å². The first-order chi connectivity index (χ1) is 13.8. The predicted octanol–water partition coefficient (Wildman–Crippen LogP) is 3.92. The van der Waals surface area contributed by atoms with Gasteiger partial charge in [0, 0.05) is 0 Å². The Kier molecular flexibility index (Phi) is 6.42. The van der Waals surface area contributed by atoms with Crippen molar-refractivity contribution in [3.8, 4) is 11.4 Å². The van der Waals surface area contributed by atoms with E-state index in [1.54, 1.807) is 16.8 Å². The first-order valence-corrected chi connectivity index (χ1v) is 9.67. The second kappa shape index (κ2) is 8.99. The van der Waals surface area contributed by atoms with E-state index in [2.05, 4.69) is 25.6 Å². The Morgan fingerprint density at radius 1 is 1.21 bits per heavy atom. The lowest BCUT2D eigenvalue weighted by Gasteiger charge is -2.13. The molecule has 0 atom stereocenters. The fourth-order valence-electron chi connectivity index (χ4n) is 3.00. The van der Waals surface area contributed by atoms with Crippen LogP contribution in [0.3, 0.4) is 0 Å². The number of tetrazole rings is 1. The number of carbonyl (C=O) groups is 1. The second-order valence-electron chi connectivity index (χ2n) is 6.33. The molecule has 1 heterocycles. The SMILES string of the molecule is Cc1cc(C)c(-n2nnnc2SCC(=O)Nc2ccccc2OC(F)F)c(C)c1. The lowest BCUT2D eigenvalue weighted by molar-refractivity contribution is -0.113. The van der Waals surface area contributed by atoms with Crippen molar-refractivity contribution in [3.05, 3.63) is 53.1 Å². The molecular weight excluding hydrogens is 400 g/mol. The lowest BCUT2D eigenvalue weighted by Crippen LogP contribution is -2.16. The summed E-state index contributed by atoms with van der Waals surface area (Å²) in [7, 11) is 0. The highest BCUT2D eigenvalue weighted by Crippen LogP contribution is 2.27. The third-order valence-corrected chi connectivity index (χ3v) is 4.92. The second-order valence-corrected chi connectivity index (χ2v) is 7.27. The molecular formula is C19H19F2N5O2S. The maximum Gasteiger partial charge on any atom is 0.387 e. The van der Waals surface area contributed by atoms with Crippen LogP contribution in [-0.4, -0.2) is 38.5 Å². The lowest BCUT2D eigenvalue weighted by atomic mass is 10.1. The van der Waals surface area contributed by atoms with E-state index in [-0.39, 0.29) is 17.2 Å². The van der Waals surface area contributed by atoms with E-state index in [1.807, 2.05) is 32.9 Å². The third kappa shape index (κ3) is 5.08. The van der Waals surface area contributed by atoms with Gasteiger partial charge in [-0.25, -0.2) is 0 Å². The molecule has 152 valence electrons. The van der Waals surface area contributed by atoms with E-state index in [1.165, 1.54) is 12.1 Å². The summed E-state index contributed by atoms with van der Waals surface area (Å²) in [6.07, 6.45) is 0. The van der Waals surface area contributed by atoms with Gasteiger partial charge < -0.3 is 10.1 Å². The monoisotopic (exact) mass is 419 g/mol. The molecule has 0 aliphatic rings. The Hall–Kier alpha value is -3.01. The van der Waals surface area contributed by atoms with Crippen molar-refractivity contribution >= 4 is 23.4 Å². The first kappa shape index (κ1) is 20.7. The number of nitrogens with one attached hydrogen (secondary N) is 1. The molecule has 3 aromatic rings. The Morgan fingerprint density at radius 2 is 1.90 bits per heavy atom. The number of para-hydroxylation sites is 2. The van der Waals surface area contributed by atoms with Gasteiger partial charge in [-0.1, -0.05) is 41.6 Å². The van der Waals surface area contributed by atoms with Crippen molar-refractivity contribution in [1.82, 2.24) is 20.2 Å². The molecule has 29 heavy (non-hydrogen) atoms. The zero-order valence-corrected chi connectivity index (χ0v) is 16.8. The van der Waals surface area contributed by atoms with Gasteiger partial charge in [0.15, 0.2) is 0 Å². The Bertz CT molecular complexity index is 1000. The largest absolute Gasteiger partial charge is 0.433 e. The summed E-state index contributed by atoms with van der Waals surface area (Å²) in [4.78, 5) is 12.3. The van der Waals surface area contributed by atoms with Gasteiger partial charge in [0.25, 0.3) is 0 Å². The summed E-state index contributed by atoms with van der Waals surface area (Å²) in [5.74, 6) is -0.503. The molecule has 3 rings (SSSR count). The molecule has 0 saturated carbocycles. The average Bonchev–Trinajstić information content (AvgIpc) is 3.08. The molecule has 0 unspecified atom stereocenters. The number of amides is 1. The molecule has 1 amide bonds. The van der Waals surface area contributed by atoms with E-state index < -0.39 is 12.5 Å². The summed E-state index contributed by atoms with van der Waals surface area (Å²) >= 11 is 1.14. The first-order valence-electron chi connectivity index (χ1n) is 8.68. The molecule has 0 spiro atoms. The van der Waals surface area contributed by atoms with Crippen LogP contribution < -0.4 is 10.1 Å². The summed E-state index contributed by atoms with van der Waals surface area (Å²) in [6.45, 7) is 2.97. The molecule has 10 heteroatoms. The molecule has 0 saturated heterocycles. The average molecular weight is 419 g/mol. The van der Waals surface area contributed by atoms with E-state index in [0.29, 0.717) is 5.16 Å². The minimum atomic E-state index is -2.98. The summed E-state index contributed by atoms with van der Waals surface area (Å²) in [5.41, 5.74) is 4.19. The zero-order valence-electron chi connectivity index (χ0n) is 16.0. The molecule has 0 bridgehead atoms. The summed E-state index contributed by atoms with van der Waals surface area (Å²) in [5, 5.41) is 14.8. The number of thioether (sulfide) groups is 1. The normalized spacial score (nSPS) is 11.0. The van der Waals surface area contributed by atoms with Crippen molar-refractivity contribution in [2.24, 2.45) is 0 Å². The highest BCUT2D eigenvalue weighted by molar-refractivity contribution is 7.99. The minimum Gasteiger partial charge on any atom is -0.433 e. The minimum absolute atomic E-state index is 0.00660. The van der Waals surface area contributed by atoms with Crippen LogP contribution in [0.2, 0.25) is 0 Å². The van der Waals surface area contributed by atoms with Crippen LogP contribution in [0.25, 0.3) is 5.69 Å². The number of aromatic nitrogens is 4. The highest BCUT2D eigenvalue weighted by atomic mass is 32.2. The van der Waals surface area contributed by atoms with Crippen LogP contribution >= 0.6 is 11.8 Å². The number of aryl methyl sites for hydroxylation is 3. The number of hydrogen-bond donors (Lipinski definition) is 1. The smallest absolute Gasteiger partial charge is 0.387 e. The Morgan fingerprint density at radius 3 is 2.59 bits per heavy atom. The number of rotatable bonds is 7. The number of benzene rings is 2. The predicted molar refractivity (Wildman–Crippen MR) is 106 cm³/mol. The number of carbonyl (C=O) groups excluding carboxylic acids is 1. The zero-order chi connectivity index (χ0) is 21.0. The maximum absolute atomic E-state index is 12.5. The number of nitrogens with zero attached hydrogens (tertiary/aromatic N) is 4. The molecule has 0 aliphatic heterocycles. The number of halogens is 2. The van der Waals surface area contributed by atoms with Gasteiger partial charge in [0.2, 0.25) is 11.1 Å². The Labute approximate surface area is 170 Å². The number of ether oxygens (including phenoxy) is 1. The molecule has 0 radical (unpaired) electrons. The highest BCUT2D eigenvalue weighted by Gasteiger charge is 2.16. The van der Waals surface area contributed by atoms with Gasteiger partial charge in [-0.2, -0.15) is 13.5 Å². The van der Waals surface area contributed by atoms with Crippen molar-refractivity contribution in [1.29, 1.82) is 0 Å². The standard InChI is InChI=1S/C19H19F2N5O2S/c1-11-8-12(2)17(13(3)9-11)26-19(23-24-25-26)29-10-16(27)22-14-6-4-5-7-15(14)28-18(20)21/h4-9,18H,10H2,1-3H3,(H,22,27). The molecule has 7 nitrogen and oxygen atoms in total. The van der Waals surface area contributed by atoms with Crippen LogP contribution in [0, 0.1) is 20.8 Å². The van der Waals surface area contributed by atoms with Gasteiger partial charge in [0.05, 0.1) is 17.1 Å². The van der Waals surface area contributed by atoms with Gasteiger partial charge in [-0.3, -0.25) is 4.79 Å². The summed E-state index contributed by atoms with van der Waals surface area (Å²) < 4.78 is 31.0. The van der Waals surface area contributed by atoms with Crippen molar-refractivity contribution in [2.45, 2.75) is 32.5 Å². The van der Waals surface area contributed by atoms with Crippen LogP contribution in [0.5, 0.6) is 5.75 Å². The number of anilines is 1. The molecule has 0 fully saturated rings. The van der Waals surface area contributed by atoms with Crippen molar-refractivity contribution in [2.75, 3.05) is 11.1 Å². The van der Waals surface area contributed by atoms with Crippen LogP contribution in [0.1, 0.15) is 16.7 Å². The van der Waals surface area contributed by atoms with Crippen molar-refractivity contribution in [3.63, 3.8) is 0 Å². The van der Waals surface area contributed by atoms with Crippen LogP contribution in [-0.2, 0) is 4.79 Å². The topological polar surface area (TPSA) is 81.9 Å². The van der Waals surface area contributed by atoms with Crippen LogP contribution in [0.15, 0.2) is 41.6 Å². The maximum atomic E-state index is 12.5. The van der Waals surface area contributed by atoms with Gasteiger partial charge in [0.1, 0.15) is 5.75 Å². The van der Waals surface area contributed by atoms with E-state index >= 15 is 0 Å². The fraction of sp³-hybridized carbons (Fsp3) is 0.263. The molecule has 0 aliphatic carbocycles. The molecule has 2 aromatic carbocycles. The molecule has 1 N–H and O–H groups in total. The van der Waals surface area contributed by atoms with E-state index in [0.717, 1.165) is 34.1 Å². The number of alkyl halides is 2. The van der Waals surface area contributed by atoms with Gasteiger partial charge in [-0.15, -0.1) is 5.10 Å². The van der Waals surface area contributed by atoms with E-state index in [4.69, 9.17) is 0 Å². The molecule has 1 aromatic heterocycles. The Balaban J connectivity index is 1.71. The quantitative estimate of drug-likeness (QED) is 0.585. The fourth-order valence-corrected chi connectivity index (χ4v) is 3.68.